The molecule has 15 N–H and O–H groups in total. The number of ether oxygens (including phenoxy) is 2. The monoisotopic (exact) mass is 1440 g/mol. The number of carbonyl (C=O) groups excluding carboxylic acids is 7. The topological polar surface area (TPSA) is 452 Å². The largest absolute Gasteiger partial charge is 0.504 e. The number of likely N-dealkylation sites (tertiary alicyclic amines) is 1. The summed E-state index contributed by atoms with van der Waals surface area (Å²) in [4.78, 5) is 105. The van der Waals surface area contributed by atoms with Gasteiger partial charge in [-0.25, -0.2) is 5.26 Å². The molecule has 4 aliphatic rings. The maximum absolute atomic E-state index is 15.2. The number of aliphatic hydroxyl groups excluding tert-OH is 7. The van der Waals surface area contributed by atoms with Crippen molar-refractivity contribution in [1.29, 1.82) is 0 Å². The lowest BCUT2D eigenvalue weighted by molar-refractivity contribution is -0.914. The van der Waals surface area contributed by atoms with Gasteiger partial charge in [0.1, 0.15) is 58.6 Å². The van der Waals surface area contributed by atoms with Crippen LogP contribution >= 0.6 is 23.7 Å². The zero-order valence-electron chi connectivity index (χ0n) is 56.3. The molecule has 4 saturated heterocycles. The van der Waals surface area contributed by atoms with Crippen molar-refractivity contribution in [3.05, 3.63) is 77.9 Å². The molecule has 4 aliphatic heterocycles. The first-order chi connectivity index (χ1) is 47.9. The van der Waals surface area contributed by atoms with E-state index in [0.717, 1.165) is 85.9 Å². The lowest BCUT2D eigenvalue weighted by atomic mass is 9.98. The molecule has 0 spiro atoms. The minimum Gasteiger partial charge on any atom is -0.504 e. The fourth-order valence-corrected chi connectivity index (χ4v) is 13.9. The number of β-amino-alcohol motifs (C(OH)–C–C–N with tert-alkyl or cyclic N) is 1. The highest BCUT2D eigenvalue weighted by Gasteiger charge is 2.50. The summed E-state index contributed by atoms with van der Waals surface area (Å²) in [5.74, 6) is -8.54. The highest BCUT2D eigenvalue weighted by Crippen LogP contribution is 2.34. The van der Waals surface area contributed by atoms with Gasteiger partial charge in [0.2, 0.25) is 35.4 Å². The molecule has 34 heteroatoms. The Bertz CT molecular complexity index is 3350. The predicted molar refractivity (Wildman–Crippen MR) is 361 cm³/mol. The molecule has 32 nitrogen and oxygen atoms in total. The van der Waals surface area contributed by atoms with Crippen molar-refractivity contribution in [3.8, 4) is 38.4 Å². The van der Waals surface area contributed by atoms with Gasteiger partial charge in [0.05, 0.1) is 70.0 Å². The number of benzene rings is 3. The number of hydrogen-bond acceptors (Lipinski definition) is 26. The molecule has 13 atom stereocenters. The number of phenolic OH excluding ortho intramolecular Hbond substituents is 1. The highest BCUT2D eigenvalue weighted by atomic mass is 32.2. The van der Waals surface area contributed by atoms with Crippen molar-refractivity contribution in [2.24, 2.45) is 5.92 Å². The number of aromatic hydroxyl groups is 1. The molecule has 3 aromatic carbocycles. The third kappa shape index (κ3) is 21.4. The van der Waals surface area contributed by atoms with Gasteiger partial charge in [-0.05, 0) is 86.8 Å². The molecule has 4 aromatic rings. The molecule has 7 amide bonds. The number of aliphatic hydroxyl groups is 7. The second-order valence-electron chi connectivity index (χ2n) is 26.2. The Morgan fingerprint density at radius 3 is 2.07 bits per heavy atom. The van der Waals surface area contributed by atoms with Gasteiger partial charge < -0.3 is 101 Å². The average molecular weight is 1440 g/mol. The summed E-state index contributed by atoms with van der Waals surface area (Å²) in [6, 6.07) is 6.04. The van der Waals surface area contributed by atoms with Crippen LogP contribution in [0.1, 0.15) is 94.0 Å². The van der Waals surface area contributed by atoms with E-state index in [1.807, 2.05) is 31.3 Å². The van der Waals surface area contributed by atoms with Crippen molar-refractivity contribution in [1.82, 2.24) is 51.9 Å². The van der Waals surface area contributed by atoms with Gasteiger partial charge >= 0.3 is 0 Å². The van der Waals surface area contributed by atoms with Crippen LogP contribution in [0.2, 0.25) is 0 Å². The molecule has 0 saturated carbocycles. The predicted octanol–water partition coefficient (Wildman–Crippen LogP) is -0.554. The molecule has 0 unspecified atom stereocenters. The first kappa shape index (κ1) is 78.5. The number of fused-ring (bicyclic) bond motifs is 2. The van der Waals surface area contributed by atoms with Crippen LogP contribution in [0, 0.1) is 5.92 Å². The number of hydrogen-bond donors (Lipinski definition) is 15. The standard InChI is InChI=1S/C66H93N11O21S2/c1-37-35-76-56(57(37)85)62(90)68-34-44(80)32-47(69-58(86)40-11-13-41(14-12-40)63-73-74-64(99-63)42-15-17-46(18-16-42)95-29-9-7-5-6-8-28-94-4)59(87)70-53(38(2)79)65(91)75-36-45(81)33-48(75)60(88)71-54(51(84)30-39-10-19-49(82)52(31-39)96-100-98-97-93)61(89)72-55(66(76)92)50(83)20-23-67-43-21-24-77(3,25-22-43)26-27-78/h10-19,31,37-38,43-45,47-48,50-51,53-57,67,78-81,83-85H,5-9,20-30,32-36H2,1-4H3,(H6-,68,69,70,71,72,82,86,87,88,89,90,93)/p+1/t37-,38+,43?,44+,45+,47+,48+,50-,51-,53+,54+,55+,56+,57+,77?/m1/s1. The van der Waals surface area contributed by atoms with E-state index >= 15 is 9.59 Å². The van der Waals surface area contributed by atoms with Gasteiger partial charge in [0.25, 0.3) is 18.2 Å². The zero-order valence-corrected chi connectivity index (χ0v) is 57.9. The summed E-state index contributed by atoms with van der Waals surface area (Å²) in [6.07, 6.45) is -5.51. The first-order valence-corrected chi connectivity index (χ1v) is 35.1. The van der Waals surface area contributed by atoms with Crippen molar-refractivity contribution in [2.75, 3.05) is 79.8 Å². The van der Waals surface area contributed by atoms with Crippen LogP contribution in [-0.4, -0.2) is 271 Å². The number of methoxy groups -OCH3 is 1. The van der Waals surface area contributed by atoms with Crippen molar-refractivity contribution >= 4 is 65.0 Å². The number of phenols is 1. The van der Waals surface area contributed by atoms with Crippen molar-refractivity contribution in [2.45, 2.75) is 163 Å². The number of aromatic nitrogens is 2. The van der Waals surface area contributed by atoms with Gasteiger partial charge in [-0.2, -0.15) is 0 Å². The summed E-state index contributed by atoms with van der Waals surface area (Å²) in [5.41, 5.74) is 1.55. The number of likely N-dealkylation sites (N-methyl/N-ethyl adjacent to an activating group) is 1. The molecule has 100 heavy (non-hydrogen) atoms. The number of rotatable bonds is 28. The Balaban J connectivity index is 1.06. The number of carbonyl (C=O) groups is 7. The minimum atomic E-state index is -2.12. The third-order valence-electron chi connectivity index (χ3n) is 18.6. The van der Waals surface area contributed by atoms with Crippen molar-refractivity contribution < 1.29 is 107 Å². The SMILES string of the molecule is COCCCCCCCOc1ccc(-c2nnc(-c3ccc(C(=O)N[C@H]4C[C@H](O)CNC(=O)[C@@H]5[C@@H](O)[C@H](C)CN5C(=O)[C@H]([C@H](O)CCNC5CC[N+](C)(CCO)CC5)NC(=O)[C@H]([C@H](O)Cc5ccc(O)c(OSOOO)c5)NC(=O)[C@@H]5C[C@H](O)CN5C(=O)[C@H]([C@H](C)O)NC4=O)cc3)s2)cc1. The zero-order chi connectivity index (χ0) is 72.2. The molecule has 0 radical (unpaired) electrons. The van der Waals surface area contributed by atoms with Gasteiger partial charge in [-0.1, -0.05) is 65.1 Å². The molecule has 4 fully saturated rings. The molecule has 0 aliphatic carbocycles. The number of amides is 7. The third-order valence-corrected chi connectivity index (χ3v) is 20.0. The van der Waals surface area contributed by atoms with Gasteiger partial charge in [0, 0.05) is 94.1 Å². The van der Waals surface area contributed by atoms with Crippen molar-refractivity contribution in [3.63, 3.8) is 0 Å². The Morgan fingerprint density at radius 1 is 0.770 bits per heavy atom. The number of nitrogens with one attached hydrogen (secondary N) is 6. The Morgan fingerprint density at radius 2 is 1.41 bits per heavy atom. The maximum Gasteiger partial charge on any atom is 0.261 e. The van der Waals surface area contributed by atoms with Crippen LogP contribution in [0.4, 0.5) is 0 Å². The normalized spacial score (nSPS) is 26.8. The molecular weight excluding hydrogens is 1350 g/mol. The number of quaternary nitrogens is 1. The Hall–Kier alpha value is -7.26. The van der Waals surface area contributed by atoms with Gasteiger partial charge in [-0.3, -0.25) is 33.6 Å². The Labute approximate surface area is 586 Å². The second kappa shape index (κ2) is 37.6. The fourth-order valence-electron chi connectivity index (χ4n) is 12.8. The molecule has 0 bridgehead atoms. The van der Waals surface area contributed by atoms with E-state index in [0.29, 0.717) is 46.1 Å². The fraction of sp³-hybridized carbons (Fsp3) is 0.591. The summed E-state index contributed by atoms with van der Waals surface area (Å²) in [7, 11) is 3.74. The lowest BCUT2D eigenvalue weighted by Gasteiger charge is -2.40. The molecule has 5 heterocycles. The highest BCUT2D eigenvalue weighted by molar-refractivity contribution is 7.90. The summed E-state index contributed by atoms with van der Waals surface area (Å²) < 4.78 is 21.2. The van der Waals surface area contributed by atoms with E-state index in [-0.39, 0.29) is 61.4 Å². The number of unbranched alkanes of at least 4 members (excludes halogenated alkanes) is 4. The van der Waals surface area contributed by atoms with Crippen LogP contribution in [0.15, 0.2) is 66.7 Å². The maximum atomic E-state index is 15.2. The van der Waals surface area contributed by atoms with E-state index in [2.05, 4.69) is 51.5 Å². The average Bonchev–Trinajstić information content (AvgIpc) is 1.63. The minimum absolute atomic E-state index is 0.0121. The van der Waals surface area contributed by atoms with E-state index in [1.165, 1.54) is 35.6 Å². The van der Waals surface area contributed by atoms with E-state index in [1.54, 1.807) is 26.2 Å². The molecule has 550 valence electrons. The first-order valence-electron chi connectivity index (χ1n) is 33.6. The van der Waals surface area contributed by atoms with E-state index in [9.17, 15) is 64.8 Å². The molecule has 1 aromatic heterocycles. The van der Waals surface area contributed by atoms with Crippen LogP contribution in [-0.2, 0) is 49.3 Å². The van der Waals surface area contributed by atoms with E-state index in [4.69, 9.17) is 18.9 Å². The Kier molecular flexibility index (Phi) is 29.5. The van der Waals surface area contributed by atoms with Crippen LogP contribution < -0.4 is 40.8 Å². The number of nitrogens with zero attached hydrogens (tertiary/aromatic N) is 5. The van der Waals surface area contributed by atoms with E-state index < -0.39 is 158 Å². The number of piperidine rings is 1. The smallest absolute Gasteiger partial charge is 0.261 e. The quantitative estimate of drug-likeness (QED) is 0.0111. The molecule has 8 rings (SSSR count). The van der Waals surface area contributed by atoms with Gasteiger partial charge in [0.15, 0.2) is 11.5 Å². The lowest BCUT2D eigenvalue weighted by Crippen LogP contribution is -2.64. The van der Waals surface area contributed by atoms with Gasteiger partial charge in [-0.15, -0.1) is 10.2 Å². The van der Waals surface area contributed by atoms with Crippen LogP contribution in [0.25, 0.3) is 21.1 Å². The second-order valence-corrected chi connectivity index (χ2v) is 27.7. The summed E-state index contributed by atoms with van der Waals surface area (Å²) in [5, 5.41) is 128. The summed E-state index contributed by atoms with van der Waals surface area (Å²) >= 11 is 1.39. The summed E-state index contributed by atoms with van der Waals surface area (Å²) in [6.45, 7) is 4.62. The molecular formula is C66H94N11O21S2+. The van der Waals surface area contributed by atoms with Crippen LogP contribution in [0.3, 0.4) is 0 Å². The van der Waals surface area contributed by atoms with Crippen LogP contribution in [0.5, 0.6) is 17.2 Å².